The predicted molar refractivity (Wildman–Crippen MR) is 47.2 cm³/mol. The first kappa shape index (κ1) is 9.77. The van der Waals surface area contributed by atoms with Crippen LogP contribution in [0.5, 0.6) is 0 Å². The number of sulfonamides is 1. The largest absolute Gasteiger partial charge is 0.266 e. The Morgan fingerprint density at radius 1 is 1.69 bits per heavy atom. The summed E-state index contributed by atoms with van der Waals surface area (Å²) >= 11 is 0. The average molecular weight is 199 g/mol. The molecule has 0 aliphatic heterocycles. The molecule has 6 heteroatoms. The number of aromatic amines is 1. The second kappa shape index (κ2) is 4.07. The Morgan fingerprint density at radius 3 is 3.00 bits per heavy atom. The highest BCUT2D eigenvalue weighted by Crippen LogP contribution is 2.00. The highest BCUT2D eigenvalue weighted by Gasteiger charge is 2.13. The summed E-state index contributed by atoms with van der Waals surface area (Å²) in [7, 11) is -3.46. The molecule has 0 fully saturated rings. The lowest BCUT2D eigenvalue weighted by atomic mass is 10.6. The van der Waals surface area contributed by atoms with Crippen LogP contribution in [-0.4, -0.2) is 25.2 Å². The van der Waals surface area contributed by atoms with Gasteiger partial charge >= 0.3 is 0 Å². The van der Waals surface area contributed by atoms with Gasteiger partial charge in [0, 0.05) is 0 Å². The first-order valence-electron chi connectivity index (χ1n) is 3.55. The van der Waals surface area contributed by atoms with Gasteiger partial charge in [0.15, 0.2) is 5.03 Å². The van der Waals surface area contributed by atoms with Crippen LogP contribution >= 0.6 is 0 Å². The van der Waals surface area contributed by atoms with E-state index in [2.05, 4.69) is 26.8 Å². The quantitative estimate of drug-likeness (QED) is 0.657. The van der Waals surface area contributed by atoms with Gasteiger partial charge in [-0.25, -0.2) is 8.42 Å². The molecule has 5 nitrogen and oxygen atoms in total. The molecular weight excluding hydrogens is 190 g/mol. The molecule has 0 atom stereocenters. The second-order valence-electron chi connectivity index (χ2n) is 2.17. The van der Waals surface area contributed by atoms with E-state index in [1.54, 1.807) is 6.92 Å². The first-order chi connectivity index (χ1) is 6.17. The normalized spacial score (nSPS) is 10.5. The van der Waals surface area contributed by atoms with Gasteiger partial charge < -0.3 is 0 Å². The van der Waals surface area contributed by atoms with Crippen LogP contribution in [-0.2, 0) is 10.0 Å². The van der Waals surface area contributed by atoms with E-state index in [-0.39, 0.29) is 11.6 Å². The Labute approximate surface area is 76.6 Å². The third-order valence-corrected chi connectivity index (χ3v) is 2.62. The number of hydrogen-bond donors (Lipinski definition) is 2. The van der Waals surface area contributed by atoms with Crippen molar-refractivity contribution >= 4 is 10.0 Å². The lowest BCUT2D eigenvalue weighted by Crippen LogP contribution is -2.24. The highest BCUT2D eigenvalue weighted by molar-refractivity contribution is 7.89. The Morgan fingerprint density at radius 2 is 2.46 bits per heavy atom. The maximum atomic E-state index is 11.3. The number of nitrogens with zero attached hydrogens (tertiary/aromatic N) is 1. The molecule has 13 heavy (non-hydrogen) atoms. The molecule has 0 aromatic carbocycles. The zero-order chi connectivity index (χ0) is 9.73. The van der Waals surface area contributed by atoms with Crippen molar-refractivity contribution in [3.05, 3.63) is 12.3 Å². The predicted octanol–water partition coefficient (Wildman–Crippen LogP) is -0.289. The van der Waals surface area contributed by atoms with E-state index in [9.17, 15) is 8.42 Å². The molecule has 0 saturated carbocycles. The number of nitrogens with one attached hydrogen (secondary N) is 2. The summed E-state index contributed by atoms with van der Waals surface area (Å²) in [6, 6.07) is 1.38. The maximum Gasteiger partial charge on any atom is 0.258 e. The molecule has 0 bridgehead atoms. The Balaban J connectivity index is 2.72. The summed E-state index contributed by atoms with van der Waals surface area (Å²) in [6.45, 7) is 1.75. The van der Waals surface area contributed by atoms with Crippen molar-refractivity contribution in [1.29, 1.82) is 0 Å². The van der Waals surface area contributed by atoms with Crippen LogP contribution in [0.15, 0.2) is 17.3 Å². The molecular formula is C7H9N3O2S. The third-order valence-electron chi connectivity index (χ3n) is 1.29. The molecule has 0 aliphatic rings. The van der Waals surface area contributed by atoms with Gasteiger partial charge in [0.1, 0.15) is 0 Å². The van der Waals surface area contributed by atoms with Crippen molar-refractivity contribution in [3.63, 3.8) is 0 Å². The Kier molecular flexibility index (Phi) is 3.06. The molecule has 2 N–H and O–H groups in total. The summed E-state index contributed by atoms with van der Waals surface area (Å²) in [5.74, 6) is 5.17. The second-order valence-corrected chi connectivity index (χ2v) is 3.91. The molecule has 1 heterocycles. The summed E-state index contributed by atoms with van der Waals surface area (Å²) in [5, 5.41) is 5.94. The van der Waals surface area contributed by atoms with E-state index in [1.807, 2.05) is 0 Å². The monoisotopic (exact) mass is 199 g/mol. The molecule has 0 spiro atoms. The summed E-state index contributed by atoms with van der Waals surface area (Å²) in [5.41, 5.74) is 0. The van der Waals surface area contributed by atoms with Crippen molar-refractivity contribution in [1.82, 2.24) is 14.9 Å². The number of H-pyrrole nitrogens is 1. The number of rotatable bonds is 3. The van der Waals surface area contributed by atoms with Crippen molar-refractivity contribution in [3.8, 4) is 11.8 Å². The molecule has 1 aromatic rings. The van der Waals surface area contributed by atoms with E-state index < -0.39 is 10.0 Å². The molecule has 1 rings (SSSR count). The average Bonchev–Trinajstić information content (AvgIpc) is 2.56. The molecule has 1 aromatic heterocycles. The van der Waals surface area contributed by atoms with Crippen LogP contribution in [0.25, 0.3) is 0 Å². The minimum atomic E-state index is -3.46. The van der Waals surface area contributed by atoms with Gasteiger partial charge in [-0.3, -0.25) is 5.10 Å². The van der Waals surface area contributed by atoms with Gasteiger partial charge in [0.2, 0.25) is 0 Å². The van der Waals surface area contributed by atoms with E-state index in [0.717, 1.165) is 0 Å². The van der Waals surface area contributed by atoms with E-state index in [0.29, 0.717) is 0 Å². The highest BCUT2D eigenvalue weighted by atomic mass is 32.2. The lowest BCUT2D eigenvalue weighted by Gasteiger charge is -1.98. The molecule has 0 radical (unpaired) electrons. The zero-order valence-electron chi connectivity index (χ0n) is 7.03. The minimum Gasteiger partial charge on any atom is -0.266 e. The lowest BCUT2D eigenvalue weighted by molar-refractivity contribution is 0.582. The molecule has 0 saturated heterocycles. The number of aromatic nitrogens is 2. The fraction of sp³-hybridized carbons (Fsp3) is 0.286. The third kappa shape index (κ3) is 2.57. The fourth-order valence-electron chi connectivity index (χ4n) is 0.690. The van der Waals surface area contributed by atoms with E-state index >= 15 is 0 Å². The number of hydrogen-bond acceptors (Lipinski definition) is 3. The summed E-state index contributed by atoms with van der Waals surface area (Å²) < 4.78 is 24.9. The van der Waals surface area contributed by atoms with Crippen LogP contribution < -0.4 is 4.72 Å². The van der Waals surface area contributed by atoms with Crippen LogP contribution in [0.1, 0.15) is 6.92 Å². The SMILES string of the molecule is CC#CCNS(=O)(=O)c1ccn[nH]1. The molecule has 0 unspecified atom stereocenters. The van der Waals surface area contributed by atoms with Crippen LogP contribution in [0, 0.1) is 11.8 Å². The van der Waals surface area contributed by atoms with Gasteiger partial charge in [-0.1, -0.05) is 5.92 Å². The zero-order valence-corrected chi connectivity index (χ0v) is 7.85. The smallest absolute Gasteiger partial charge is 0.258 e. The maximum absolute atomic E-state index is 11.3. The fourth-order valence-corrected chi connectivity index (χ4v) is 1.52. The van der Waals surface area contributed by atoms with Crippen LogP contribution in [0.2, 0.25) is 0 Å². The Bertz CT molecular complexity index is 410. The van der Waals surface area contributed by atoms with Gasteiger partial charge in [-0.15, -0.1) is 5.92 Å². The summed E-state index contributed by atoms with van der Waals surface area (Å²) in [6.07, 6.45) is 1.38. The Hall–Kier alpha value is -1.32. The van der Waals surface area contributed by atoms with Crippen molar-refractivity contribution < 1.29 is 8.42 Å². The van der Waals surface area contributed by atoms with Gasteiger partial charge in [-0.2, -0.15) is 9.82 Å². The standard InChI is InChI=1S/C7H9N3O2S/c1-2-3-5-9-13(11,12)7-4-6-8-10-7/h4,6,9H,5H2,1H3,(H,8,10). The van der Waals surface area contributed by atoms with Crippen molar-refractivity contribution in [2.45, 2.75) is 11.9 Å². The molecule has 0 amide bonds. The van der Waals surface area contributed by atoms with E-state index in [4.69, 9.17) is 0 Å². The summed E-state index contributed by atoms with van der Waals surface area (Å²) in [4.78, 5) is 0. The van der Waals surface area contributed by atoms with Crippen LogP contribution in [0.4, 0.5) is 0 Å². The van der Waals surface area contributed by atoms with Gasteiger partial charge in [0.05, 0.1) is 12.7 Å². The van der Waals surface area contributed by atoms with Gasteiger partial charge in [0.25, 0.3) is 10.0 Å². The topological polar surface area (TPSA) is 74.8 Å². The van der Waals surface area contributed by atoms with Crippen LogP contribution in [0.3, 0.4) is 0 Å². The van der Waals surface area contributed by atoms with Crippen molar-refractivity contribution in [2.24, 2.45) is 0 Å². The van der Waals surface area contributed by atoms with Gasteiger partial charge in [-0.05, 0) is 13.0 Å². The minimum absolute atomic E-state index is 0.0467. The molecule has 70 valence electrons. The van der Waals surface area contributed by atoms with E-state index in [1.165, 1.54) is 12.3 Å². The molecule has 0 aliphatic carbocycles. The first-order valence-corrected chi connectivity index (χ1v) is 5.04. The van der Waals surface area contributed by atoms with Crippen molar-refractivity contribution in [2.75, 3.05) is 6.54 Å².